The van der Waals surface area contributed by atoms with Crippen molar-refractivity contribution in [3.8, 4) is 6.07 Å². The standard InChI is InChI=1S/C42H51ClN10O3/c1-29-23-42(28-53(29)34-6-5-31(24-44)35(43)22-34)11-15-51(16-12-42)38-26-45-37(25-46-38)41(56)52-13-9-30(10-14-52)27-49-17-19-50(20-18-49)33-4-2-3-32(21-33)47-36-7-8-39(54)48-40(36)55/h2-6,21-22,25-26,29-30,36,47H,7-20,23,27-28H2,1H3,(H,48,54,55). The number of anilines is 4. The average Bonchev–Trinajstić information content (AvgIpc) is 3.54. The first-order valence-corrected chi connectivity index (χ1v) is 20.5. The van der Waals surface area contributed by atoms with Gasteiger partial charge >= 0.3 is 0 Å². The summed E-state index contributed by atoms with van der Waals surface area (Å²) < 4.78 is 0. The Morgan fingerprint density at radius 1 is 0.946 bits per heavy atom. The van der Waals surface area contributed by atoms with Gasteiger partial charge in [-0.1, -0.05) is 17.7 Å². The predicted molar refractivity (Wildman–Crippen MR) is 217 cm³/mol. The van der Waals surface area contributed by atoms with Crippen LogP contribution in [0.5, 0.6) is 0 Å². The van der Waals surface area contributed by atoms with Crippen LogP contribution in [0.25, 0.3) is 0 Å². The fourth-order valence-corrected chi connectivity index (χ4v) is 9.68. The smallest absolute Gasteiger partial charge is 0.274 e. The molecule has 13 nitrogen and oxygen atoms in total. The summed E-state index contributed by atoms with van der Waals surface area (Å²) in [4.78, 5) is 58.1. The number of hydrogen-bond acceptors (Lipinski definition) is 11. The van der Waals surface area contributed by atoms with Crippen molar-refractivity contribution in [1.29, 1.82) is 5.26 Å². The Labute approximate surface area is 334 Å². The number of imide groups is 1. The van der Waals surface area contributed by atoms with Crippen LogP contribution < -0.4 is 25.3 Å². The van der Waals surface area contributed by atoms with Gasteiger partial charge in [-0.05, 0) is 93.2 Å². The van der Waals surface area contributed by atoms with E-state index in [2.05, 4.69) is 60.3 Å². The van der Waals surface area contributed by atoms with Gasteiger partial charge in [0.1, 0.15) is 23.6 Å². The minimum Gasteiger partial charge on any atom is -0.374 e. The molecule has 0 aliphatic carbocycles. The normalized spacial score (nSPS) is 23.3. The Balaban J connectivity index is 0.762. The van der Waals surface area contributed by atoms with E-state index in [4.69, 9.17) is 16.6 Å². The molecule has 5 aliphatic heterocycles. The predicted octanol–water partition coefficient (Wildman–Crippen LogP) is 4.78. The number of benzene rings is 2. The first-order chi connectivity index (χ1) is 27.1. The maximum Gasteiger partial charge on any atom is 0.274 e. The summed E-state index contributed by atoms with van der Waals surface area (Å²) in [7, 11) is 0. The molecule has 5 saturated heterocycles. The van der Waals surface area contributed by atoms with Crippen LogP contribution in [-0.4, -0.2) is 115 Å². The van der Waals surface area contributed by atoms with Crippen LogP contribution in [0.1, 0.15) is 67.9 Å². The van der Waals surface area contributed by atoms with E-state index in [0.29, 0.717) is 41.1 Å². The van der Waals surface area contributed by atoms with E-state index < -0.39 is 6.04 Å². The van der Waals surface area contributed by atoms with Gasteiger partial charge in [0.2, 0.25) is 11.8 Å². The third-order valence-electron chi connectivity index (χ3n) is 12.8. The lowest BCUT2D eigenvalue weighted by molar-refractivity contribution is -0.133. The van der Waals surface area contributed by atoms with Crippen molar-refractivity contribution in [2.24, 2.45) is 11.3 Å². The fraction of sp³-hybridized carbons (Fsp3) is 0.524. The Kier molecular flexibility index (Phi) is 11.0. The number of carbonyl (C=O) groups excluding carboxylic acids is 3. The van der Waals surface area contributed by atoms with Gasteiger partial charge in [-0.15, -0.1) is 0 Å². The van der Waals surface area contributed by atoms with Crippen LogP contribution in [0, 0.1) is 22.7 Å². The van der Waals surface area contributed by atoms with E-state index in [9.17, 15) is 19.6 Å². The number of halogens is 1. The fourth-order valence-electron chi connectivity index (χ4n) is 9.46. The van der Waals surface area contributed by atoms with Gasteiger partial charge in [-0.2, -0.15) is 5.26 Å². The lowest BCUT2D eigenvalue weighted by Gasteiger charge is -2.40. The van der Waals surface area contributed by atoms with E-state index in [0.717, 1.165) is 120 Å². The molecule has 1 spiro atoms. The molecule has 2 aromatic carbocycles. The first-order valence-electron chi connectivity index (χ1n) is 20.2. The summed E-state index contributed by atoms with van der Waals surface area (Å²) in [6.07, 6.45) is 9.48. The third kappa shape index (κ3) is 8.27. The molecule has 3 aromatic rings. The first kappa shape index (κ1) is 38.0. The molecule has 294 valence electrons. The van der Waals surface area contributed by atoms with E-state index in [-0.39, 0.29) is 23.1 Å². The van der Waals surface area contributed by atoms with Crippen molar-refractivity contribution in [2.45, 2.75) is 64.0 Å². The van der Waals surface area contributed by atoms with E-state index in [1.165, 1.54) is 0 Å². The number of rotatable bonds is 8. The lowest BCUT2D eigenvalue weighted by Crippen LogP contribution is -2.49. The number of piperidine rings is 3. The molecule has 5 fully saturated rings. The van der Waals surface area contributed by atoms with Crippen LogP contribution >= 0.6 is 11.6 Å². The molecular weight excluding hydrogens is 728 g/mol. The highest BCUT2D eigenvalue weighted by atomic mass is 35.5. The number of nitrogens with zero attached hydrogens (tertiary/aromatic N) is 8. The summed E-state index contributed by atoms with van der Waals surface area (Å²) >= 11 is 6.37. The summed E-state index contributed by atoms with van der Waals surface area (Å²) in [5, 5.41) is 15.5. The van der Waals surface area contributed by atoms with Crippen molar-refractivity contribution in [2.75, 3.05) is 85.5 Å². The minimum absolute atomic E-state index is 0.0361. The second kappa shape index (κ2) is 16.3. The minimum atomic E-state index is -0.396. The Morgan fingerprint density at radius 2 is 1.73 bits per heavy atom. The maximum atomic E-state index is 13.5. The summed E-state index contributed by atoms with van der Waals surface area (Å²) in [6, 6.07) is 16.1. The van der Waals surface area contributed by atoms with Crippen LogP contribution in [0.3, 0.4) is 0 Å². The highest BCUT2D eigenvalue weighted by Gasteiger charge is 2.44. The molecule has 1 aromatic heterocycles. The second-order valence-corrected chi connectivity index (χ2v) is 16.8. The van der Waals surface area contributed by atoms with Gasteiger partial charge in [-0.3, -0.25) is 24.6 Å². The molecule has 14 heteroatoms. The van der Waals surface area contributed by atoms with Crippen molar-refractivity contribution < 1.29 is 14.4 Å². The van der Waals surface area contributed by atoms with Crippen molar-refractivity contribution in [3.63, 3.8) is 0 Å². The Hall–Kier alpha value is -4.93. The maximum absolute atomic E-state index is 13.5. The van der Waals surface area contributed by atoms with Crippen molar-refractivity contribution in [1.82, 2.24) is 25.1 Å². The molecule has 3 amide bonds. The molecule has 6 heterocycles. The number of hydrogen-bond donors (Lipinski definition) is 2. The zero-order valence-electron chi connectivity index (χ0n) is 32.1. The molecular formula is C42H51ClN10O3. The monoisotopic (exact) mass is 778 g/mol. The lowest BCUT2D eigenvalue weighted by atomic mass is 9.77. The zero-order valence-corrected chi connectivity index (χ0v) is 32.9. The molecule has 2 unspecified atom stereocenters. The SMILES string of the molecule is CC1CC2(CCN(c3cnc(C(=O)N4CCC(CN5CCN(c6cccc(NC7CCC(=O)NC7=O)c6)CC5)CC4)cn3)CC2)CN1c1ccc(C#N)c(Cl)c1. The molecule has 0 radical (unpaired) electrons. The van der Waals surface area contributed by atoms with Gasteiger partial charge in [-0.25, -0.2) is 9.97 Å². The highest BCUT2D eigenvalue weighted by Crippen LogP contribution is 2.45. The van der Waals surface area contributed by atoms with E-state index in [1.54, 1.807) is 12.4 Å². The van der Waals surface area contributed by atoms with E-state index >= 15 is 0 Å². The molecule has 56 heavy (non-hydrogen) atoms. The number of piperazine rings is 1. The quantitative estimate of drug-likeness (QED) is 0.306. The van der Waals surface area contributed by atoms with E-state index in [1.807, 2.05) is 35.2 Å². The van der Waals surface area contributed by atoms with Crippen LogP contribution in [0.2, 0.25) is 5.02 Å². The number of nitrogens with one attached hydrogen (secondary N) is 2. The largest absolute Gasteiger partial charge is 0.374 e. The molecule has 0 bridgehead atoms. The molecule has 5 aliphatic rings. The Bertz CT molecular complexity index is 1960. The molecule has 8 rings (SSSR count). The number of likely N-dealkylation sites (tertiary alicyclic amines) is 1. The molecule has 2 N–H and O–H groups in total. The summed E-state index contributed by atoms with van der Waals surface area (Å²) in [5.41, 5.74) is 4.24. The van der Waals surface area contributed by atoms with Crippen molar-refractivity contribution in [3.05, 3.63) is 71.1 Å². The van der Waals surface area contributed by atoms with Gasteiger partial charge < -0.3 is 24.9 Å². The average molecular weight is 779 g/mol. The topological polar surface area (TPSA) is 141 Å². The summed E-state index contributed by atoms with van der Waals surface area (Å²) in [6.45, 7) is 11.4. The number of carbonyl (C=O) groups is 3. The van der Waals surface area contributed by atoms with Crippen LogP contribution in [0.4, 0.5) is 22.9 Å². The van der Waals surface area contributed by atoms with Crippen molar-refractivity contribution >= 4 is 52.2 Å². The Morgan fingerprint density at radius 3 is 2.43 bits per heavy atom. The third-order valence-corrected chi connectivity index (χ3v) is 13.1. The van der Waals surface area contributed by atoms with Crippen LogP contribution in [0.15, 0.2) is 54.9 Å². The molecule has 0 saturated carbocycles. The van der Waals surface area contributed by atoms with Gasteiger partial charge in [0, 0.05) is 95.0 Å². The number of nitriles is 1. The second-order valence-electron chi connectivity index (χ2n) is 16.4. The van der Waals surface area contributed by atoms with Crippen LogP contribution in [-0.2, 0) is 9.59 Å². The zero-order chi connectivity index (χ0) is 38.8. The van der Waals surface area contributed by atoms with Gasteiger partial charge in [0.15, 0.2) is 0 Å². The summed E-state index contributed by atoms with van der Waals surface area (Å²) in [5.74, 6) is 0.875. The van der Waals surface area contributed by atoms with Gasteiger partial charge in [0.25, 0.3) is 5.91 Å². The molecule has 2 atom stereocenters. The number of amides is 3. The van der Waals surface area contributed by atoms with Gasteiger partial charge in [0.05, 0.1) is 23.0 Å². The highest BCUT2D eigenvalue weighted by molar-refractivity contribution is 6.32. The number of aromatic nitrogens is 2.